The minimum absolute atomic E-state index is 0.132. The fourth-order valence-corrected chi connectivity index (χ4v) is 3.89. The fourth-order valence-electron chi connectivity index (χ4n) is 1.89. The van der Waals surface area contributed by atoms with E-state index < -0.39 is 10.0 Å². The summed E-state index contributed by atoms with van der Waals surface area (Å²) in [6.07, 6.45) is 0. The third kappa shape index (κ3) is 5.72. The fraction of sp³-hybridized carbons (Fsp3) is 0.571. The Bertz CT molecular complexity index is 478. The molecule has 2 N–H and O–H groups in total. The Kier molecular flexibility index (Phi) is 5.52. The Balaban J connectivity index is 2.88. The standard InChI is InChI=1S/C14H24N2O2S/c1-14(2,3)12-19(17,18)16(10-9-15)11-13-7-5-4-6-8-13/h4-8H,9-12,15H2,1-3H3. The number of hydrogen-bond acceptors (Lipinski definition) is 3. The van der Waals surface area contributed by atoms with Crippen molar-refractivity contribution in [3.63, 3.8) is 0 Å². The van der Waals surface area contributed by atoms with Gasteiger partial charge in [0.2, 0.25) is 10.0 Å². The predicted octanol–water partition coefficient (Wildman–Crippen LogP) is 1.82. The molecule has 4 nitrogen and oxygen atoms in total. The lowest BCUT2D eigenvalue weighted by Gasteiger charge is -2.26. The van der Waals surface area contributed by atoms with E-state index in [9.17, 15) is 8.42 Å². The molecule has 1 rings (SSSR count). The van der Waals surface area contributed by atoms with Crippen molar-refractivity contribution in [2.75, 3.05) is 18.8 Å². The second kappa shape index (κ2) is 6.50. The van der Waals surface area contributed by atoms with E-state index in [1.165, 1.54) is 4.31 Å². The Morgan fingerprint density at radius 2 is 1.74 bits per heavy atom. The molecule has 0 aliphatic heterocycles. The molecule has 0 heterocycles. The van der Waals surface area contributed by atoms with Crippen LogP contribution in [0.5, 0.6) is 0 Å². The Labute approximate surface area is 116 Å². The Morgan fingerprint density at radius 3 is 2.21 bits per heavy atom. The lowest BCUT2D eigenvalue weighted by molar-refractivity contribution is 0.389. The monoisotopic (exact) mass is 284 g/mol. The smallest absolute Gasteiger partial charge is 0.214 e. The molecule has 19 heavy (non-hydrogen) atoms. The summed E-state index contributed by atoms with van der Waals surface area (Å²) in [6, 6.07) is 9.59. The van der Waals surface area contributed by atoms with Crippen LogP contribution in [0.15, 0.2) is 30.3 Å². The van der Waals surface area contributed by atoms with Gasteiger partial charge < -0.3 is 5.73 Å². The van der Waals surface area contributed by atoms with Crippen molar-refractivity contribution in [2.24, 2.45) is 11.1 Å². The normalized spacial score (nSPS) is 12.9. The number of benzene rings is 1. The molecule has 0 amide bonds. The molecule has 0 atom stereocenters. The average molecular weight is 284 g/mol. The van der Waals surface area contributed by atoms with Crippen LogP contribution in [-0.4, -0.2) is 31.6 Å². The van der Waals surface area contributed by atoms with Gasteiger partial charge in [0.15, 0.2) is 0 Å². The lowest BCUT2D eigenvalue weighted by Crippen LogP contribution is -2.39. The highest BCUT2D eigenvalue weighted by Crippen LogP contribution is 2.20. The Morgan fingerprint density at radius 1 is 1.16 bits per heavy atom. The average Bonchev–Trinajstić information content (AvgIpc) is 2.26. The van der Waals surface area contributed by atoms with E-state index >= 15 is 0 Å². The van der Waals surface area contributed by atoms with E-state index in [-0.39, 0.29) is 11.2 Å². The van der Waals surface area contributed by atoms with Gasteiger partial charge in [0, 0.05) is 19.6 Å². The predicted molar refractivity (Wildman–Crippen MR) is 79.1 cm³/mol. The summed E-state index contributed by atoms with van der Waals surface area (Å²) >= 11 is 0. The molecule has 0 fully saturated rings. The summed E-state index contributed by atoms with van der Waals surface area (Å²) in [6.45, 7) is 6.84. The third-order valence-electron chi connectivity index (χ3n) is 2.59. The van der Waals surface area contributed by atoms with Crippen LogP contribution in [0, 0.1) is 5.41 Å². The molecule has 108 valence electrons. The van der Waals surface area contributed by atoms with Gasteiger partial charge >= 0.3 is 0 Å². The van der Waals surface area contributed by atoms with Gasteiger partial charge in [-0.1, -0.05) is 51.1 Å². The first kappa shape index (κ1) is 16.1. The van der Waals surface area contributed by atoms with Crippen LogP contribution in [-0.2, 0) is 16.6 Å². The van der Waals surface area contributed by atoms with Crippen molar-refractivity contribution in [3.05, 3.63) is 35.9 Å². The summed E-state index contributed by atoms with van der Waals surface area (Å²) in [5.41, 5.74) is 6.26. The molecule has 0 aliphatic carbocycles. The van der Waals surface area contributed by atoms with Crippen LogP contribution in [0.1, 0.15) is 26.3 Å². The SMILES string of the molecule is CC(C)(C)CS(=O)(=O)N(CCN)Cc1ccccc1. The molecule has 1 aromatic rings. The van der Waals surface area contributed by atoms with Crippen LogP contribution < -0.4 is 5.73 Å². The zero-order valence-corrected chi connectivity index (χ0v) is 12.8. The number of rotatable bonds is 6. The lowest BCUT2D eigenvalue weighted by atomic mass is 10.0. The first-order valence-electron chi connectivity index (χ1n) is 6.46. The van der Waals surface area contributed by atoms with Gasteiger partial charge in [0.1, 0.15) is 0 Å². The number of hydrogen-bond donors (Lipinski definition) is 1. The molecule has 0 aromatic heterocycles. The maximum absolute atomic E-state index is 12.4. The van der Waals surface area contributed by atoms with Gasteiger partial charge in [-0.05, 0) is 11.0 Å². The topological polar surface area (TPSA) is 63.4 Å². The summed E-state index contributed by atoms with van der Waals surface area (Å²) in [4.78, 5) is 0. The summed E-state index contributed by atoms with van der Waals surface area (Å²) in [5, 5.41) is 0. The number of nitrogens with zero attached hydrogens (tertiary/aromatic N) is 1. The highest BCUT2D eigenvalue weighted by molar-refractivity contribution is 7.89. The second-order valence-corrected chi connectivity index (χ2v) is 7.89. The maximum atomic E-state index is 12.4. The van der Waals surface area contributed by atoms with Crippen LogP contribution in [0.3, 0.4) is 0 Å². The van der Waals surface area contributed by atoms with Crippen molar-refractivity contribution in [2.45, 2.75) is 27.3 Å². The van der Waals surface area contributed by atoms with E-state index in [1.807, 2.05) is 51.1 Å². The molecule has 0 saturated carbocycles. The van der Waals surface area contributed by atoms with Gasteiger partial charge in [0.05, 0.1) is 5.75 Å². The number of sulfonamides is 1. The molecule has 5 heteroatoms. The number of nitrogens with two attached hydrogens (primary N) is 1. The zero-order valence-electron chi connectivity index (χ0n) is 12.0. The van der Waals surface area contributed by atoms with Crippen LogP contribution in [0.25, 0.3) is 0 Å². The minimum atomic E-state index is -3.29. The highest BCUT2D eigenvalue weighted by atomic mass is 32.2. The van der Waals surface area contributed by atoms with Crippen LogP contribution in [0.2, 0.25) is 0 Å². The second-order valence-electron chi connectivity index (χ2n) is 5.92. The zero-order chi connectivity index (χ0) is 14.5. The summed E-state index contributed by atoms with van der Waals surface area (Å²) < 4.78 is 26.3. The van der Waals surface area contributed by atoms with Crippen LogP contribution >= 0.6 is 0 Å². The van der Waals surface area contributed by atoms with Crippen molar-refractivity contribution < 1.29 is 8.42 Å². The maximum Gasteiger partial charge on any atom is 0.214 e. The van der Waals surface area contributed by atoms with Crippen molar-refractivity contribution >= 4 is 10.0 Å². The largest absolute Gasteiger partial charge is 0.329 e. The molecular weight excluding hydrogens is 260 g/mol. The van der Waals surface area contributed by atoms with Gasteiger partial charge in [0.25, 0.3) is 0 Å². The molecule has 0 aliphatic rings. The molecule has 0 radical (unpaired) electrons. The van der Waals surface area contributed by atoms with Gasteiger partial charge in [-0.3, -0.25) is 0 Å². The first-order chi connectivity index (χ1) is 8.74. The van der Waals surface area contributed by atoms with Crippen LogP contribution in [0.4, 0.5) is 0 Å². The molecule has 1 aromatic carbocycles. The van der Waals surface area contributed by atoms with Crippen molar-refractivity contribution in [1.29, 1.82) is 0 Å². The molecule has 0 unspecified atom stereocenters. The van der Waals surface area contributed by atoms with E-state index in [2.05, 4.69) is 0 Å². The third-order valence-corrected chi connectivity index (χ3v) is 4.92. The van der Waals surface area contributed by atoms with E-state index in [1.54, 1.807) is 0 Å². The van der Waals surface area contributed by atoms with E-state index in [4.69, 9.17) is 5.73 Å². The quantitative estimate of drug-likeness (QED) is 0.866. The Hall–Kier alpha value is -0.910. The van der Waals surface area contributed by atoms with Crippen molar-refractivity contribution in [3.8, 4) is 0 Å². The van der Waals surface area contributed by atoms with Gasteiger partial charge in [-0.2, -0.15) is 4.31 Å². The molecule has 0 saturated heterocycles. The summed E-state index contributed by atoms with van der Waals surface area (Å²) in [5.74, 6) is 0.132. The highest BCUT2D eigenvalue weighted by Gasteiger charge is 2.27. The molecule has 0 spiro atoms. The van der Waals surface area contributed by atoms with Crippen molar-refractivity contribution in [1.82, 2.24) is 4.31 Å². The van der Waals surface area contributed by atoms with Gasteiger partial charge in [-0.15, -0.1) is 0 Å². The van der Waals surface area contributed by atoms with Gasteiger partial charge in [-0.25, -0.2) is 8.42 Å². The molecule has 0 bridgehead atoms. The molecular formula is C14H24N2O2S. The first-order valence-corrected chi connectivity index (χ1v) is 8.07. The minimum Gasteiger partial charge on any atom is -0.329 e. The summed E-state index contributed by atoms with van der Waals surface area (Å²) in [7, 11) is -3.29. The van der Waals surface area contributed by atoms with E-state index in [0.29, 0.717) is 19.6 Å². The van der Waals surface area contributed by atoms with E-state index in [0.717, 1.165) is 5.56 Å².